The van der Waals surface area contributed by atoms with E-state index in [0.29, 0.717) is 46.1 Å². The van der Waals surface area contributed by atoms with Crippen molar-refractivity contribution >= 4 is 29.0 Å². The molecule has 9 heteroatoms. The molecule has 1 amide bonds. The molecule has 0 radical (unpaired) electrons. The lowest BCUT2D eigenvalue weighted by Gasteiger charge is -2.35. The lowest BCUT2D eigenvalue weighted by molar-refractivity contribution is -0.305. The molecule has 1 aliphatic carbocycles. The number of hydrogen-bond acceptors (Lipinski definition) is 8. The fourth-order valence-corrected chi connectivity index (χ4v) is 5.39. The van der Waals surface area contributed by atoms with Gasteiger partial charge in [0.1, 0.15) is 0 Å². The number of carboxylic acid groups (broad SMARTS) is 1. The summed E-state index contributed by atoms with van der Waals surface area (Å²) in [4.78, 5) is 44.6. The number of para-hydroxylation sites is 2. The zero-order chi connectivity index (χ0) is 27.5. The quantitative estimate of drug-likeness (QED) is 0.496. The smallest absolute Gasteiger partial charge is 0.228 e. The number of allylic oxidation sites excluding steroid dienone is 1. The summed E-state index contributed by atoms with van der Waals surface area (Å²) in [7, 11) is 3.15. The van der Waals surface area contributed by atoms with Crippen LogP contribution in [0.2, 0.25) is 0 Å². The number of fused-ring (bicyclic) bond motifs is 1. The summed E-state index contributed by atoms with van der Waals surface area (Å²) in [5.74, 6) is -0.792. The average molecular weight is 527 g/mol. The van der Waals surface area contributed by atoms with Gasteiger partial charge in [-0.2, -0.15) is 0 Å². The van der Waals surface area contributed by atoms with Gasteiger partial charge in [-0.15, -0.1) is 0 Å². The van der Waals surface area contributed by atoms with E-state index >= 15 is 0 Å². The summed E-state index contributed by atoms with van der Waals surface area (Å²) in [6.07, 6.45) is 3.31. The third-order valence-electron chi connectivity index (χ3n) is 7.18. The van der Waals surface area contributed by atoms with Crippen LogP contribution >= 0.6 is 0 Å². The van der Waals surface area contributed by atoms with Gasteiger partial charge in [-0.25, -0.2) is 0 Å². The van der Waals surface area contributed by atoms with Gasteiger partial charge < -0.3 is 24.7 Å². The molecule has 200 valence electrons. The Morgan fingerprint density at radius 1 is 1.00 bits per heavy atom. The zero-order valence-electron chi connectivity index (χ0n) is 21.7. The van der Waals surface area contributed by atoms with Gasteiger partial charge in [0.25, 0.3) is 0 Å². The minimum Gasteiger partial charge on any atom is -0.550 e. The molecule has 0 spiro atoms. The van der Waals surface area contributed by atoms with Crippen LogP contribution in [-0.4, -0.2) is 36.9 Å². The zero-order valence-corrected chi connectivity index (χ0v) is 21.7. The number of aromatic nitrogens is 1. The van der Waals surface area contributed by atoms with E-state index < -0.39 is 24.3 Å². The molecule has 5 rings (SSSR count). The molecule has 2 aromatic carbocycles. The Labute approximate surface area is 226 Å². The number of carbonyl (C=O) groups is 3. The molecule has 0 saturated heterocycles. The molecule has 2 atom stereocenters. The van der Waals surface area contributed by atoms with E-state index in [2.05, 4.69) is 10.3 Å². The van der Waals surface area contributed by atoms with E-state index in [0.717, 1.165) is 5.56 Å². The normalized spacial score (nSPS) is 18.4. The molecule has 9 nitrogen and oxygen atoms in total. The largest absolute Gasteiger partial charge is 0.550 e. The van der Waals surface area contributed by atoms with Crippen molar-refractivity contribution in [2.24, 2.45) is 0 Å². The van der Waals surface area contributed by atoms with Crippen molar-refractivity contribution in [1.82, 2.24) is 4.98 Å². The van der Waals surface area contributed by atoms with Crippen molar-refractivity contribution in [2.45, 2.75) is 37.6 Å². The first-order valence-corrected chi connectivity index (χ1v) is 12.7. The van der Waals surface area contributed by atoms with Gasteiger partial charge in [0.05, 0.1) is 31.6 Å². The second-order valence-corrected chi connectivity index (χ2v) is 9.50. The van der Waals surface area contributed by atoms with Crippen LogP contribution < -0.4 is 24.8 Å². The highest BCUT2D eigenvalue weighted by Gasteiger charge is 2.41. The van der Waals surface area contributed by atoms with E-state index in [1.165, 1.54) is 4.90 Å². The van der Waals surface area contributed by atoms with E-state index in [1.54, 1.807) is 44.8 Å². The number of pyridine rings is 1. The Bertz CT molecular complexity index is 1450. The van der Waals surface area contributed by atoms with Crippen LogP contribution in [0.4, 0.5) is 11.4 Å². The molecule has 2 heterocycles. The number of carboxylic acids is 1. The van der Waals surface area contributed by atoms with Crippen LogP contribution in [0.1, 0.15) is 48.8 Å². The number of anilines is 2. The number of hydrogen-bond donors (Lipinski definition) is 1. The molecule has 3 aromatic rings. The van der Waals surface area contributed by atoms with Crippen LogP contribution in [0.25, 0.3) is 0 Å². The fourth-order valence-electron chi connectivity index (χ4n) is 5.39. The summed E-state index contributed by atoms with van der Waals surface area (Å²) in [6.45, 7) is 0. The topological polar surface area (TPSA) is 121 Å². The molecule has 0 fully saturated rings. The van der Waals surface area contributed by atoms with Crippen molar-refractivity contribution in [3.05, 3.63) is 89.4 Å². The Balaban J connectivity index is 1.64. The summed E-state index contributed by atoms with van der Waals surface area (Å²) in [6, 6.07) is 15.7. The SMILES string of the molecule is COc1ccc([C@@H]2CC(=O)C3=C(C2)Nc2ccccc2N(C(=O)CCC(=O)[O-])[C@@H]3c2cccnc2)cc1OC. The molecule has 1 aliphatic heterocycles. The number of Topliss-reactive ketones (excluding diaryl/α,β-unsaturated/α-hetero) is 1. The Kier molecular flexibility index (Phi) is 7.31. The second-order valence-electron chi connectivity index (χ2n) is 9.50. The lowest BCUT2D eigenvalue weighted by atomic mass is 9.78. The van der Waals surface area contributed by atoms with E-state index in [4.69, 9.17) is 9.47 Å². The third kappa shape index (κ3) is 5.07. The van der Waals surface area contributed by atoms with E-state index in [9.17, 15) is 19.5 Å². The standard InChI is InChI=1S/C30H29N3O6/c1-38-25-10-9-18(16-26(25)39-2)20-14-22-29(24(34)15-20)30(19-6-5-13-31-17-19)33(27(35)11-12-28(36)37)23-8-4-3-7-21(23)32-22/h3-10,13,16-17,20,30,32H,11-12,14-15H2,1-2H3,(H,36,37)/p-1/t20-,30+/m0/s1. The minimum atomic E-state index is -1.31. The number of methoxy groups -OCH3 is 2. The highest BCUT2D eigenvalue weighted by Crippen LogP contribution is 2.48. The first-order chi connectivity index (χ1) is 18.9. The number of rotatable bonds is 7. The molecule has 2 aliphatic rings. The van der Waals surface area contributed by atoms with E-state index in [1.807, 2.05) is 36.4 Å². The minimum absolute atomic E-state index is 0.108. The first kappa shape index (κ1) is 26.0. The van der Waals surface area contributed by atoms with E-state index in [-0.39, 0.29) is 24.5 Å². The Morgan fingerprint density at radius 3 is 2.51 bits per heavy atom. The van der Waals surface area contributed by atoms with Gasteiger partial charge in [-0.3, -0.25) is 19.5 Å². The molecule has 39 heavy (non-hydrogen) atoms. The molecular weight excluding hydrogens is 498 g/mol. The Morgan fingerprint density at radius 2 is 1.79 bits per heavy atom. The molecule has 0 saturated carbocycles. The number of nitrogens with one attached hydrogen (secondary N) is 1. The molecule has 0 bridgehead atoms. The second kappa shape index (κ2) is 11.0. The van der Waals surface area contributed by atoms with Crippen molar-refractivity contribution in [1.29, 1.82) is 0 Å². The lowest BCUT2D eigenvalue weighted by Crippen LogP contribution is -2.39. The predicted molar refractivity (Wildman–Crippen MR) is 142 cm³/mol. The highest BCUT2D eigenvalue weighted by molar-refractivity contribution is 6.06. The maximum atomic E-state index is 14.0. The monoisotopic (exact) mass is 526 g/mol. The highest BCUT2D eigenvalue weighted by atomic mass is 16.5. The first-order valence-electron chi connectivity index (χ1n) is 12.7. The van der Waals surface area contributed by atoms with Crippen LogP contribution in [-0.2, 0) is 14.4 Å². The number of benzene rings is 2. The number of amides is 1. The van der Waals surface area contributed by atoms with Crippen LogP contribution in [0.5, 0.6) is 11.5 Å². The summed E-state index contributed by atoms with van der Waals surface area (Å²) < 4.78 is 10.9. The number of ketones is 1. The number of nitrogens with zero attached hydrogens (tertiary/aromatic N) is 2. The number of aliphatic carboxylic acids is 1. The number of ether oxygens (including phenoxy) is 2. The van der Waals surface area contributed by atoms with Crippen molar-refractivity contribution in [2.75, 3.05) is 24.4 Å². The molecule has 0 unspecified atom stereocenters. The van der Waals surface area contributed by atoms with Crippen LogP contribution in [0.15, 0.2) is 78.3 Å². The summed E-state index contributed by atoms with van der Waals surface area (Å²) in [5, 5.41) is 14.7. The van der Waals surface area contributed by atoms with Gasteiger partial charge in [0.2, 0.25) is 5.91 Å². The van der Waals surface area contributed by atoms with Gasteiger partial charge in [-0.1, -0.05) is 24.3 Å². The van der Waals surface area contributed by atoms with Gasteiger partial charge in [0.15, 0.2) is 17.3 Å². The van der Waals surface area contributed by atoms with Crippen molar-refractivity contribution in [3.8, 4) is 11.5 Å². The average Bonchev–Trinajstić information content (AvgIpc) is 3.10. The van der Waals surface area contributed by atoms with Crippen LogP contribution in [0.3, 0.4) is 0 Å². The fraction of sp³-hybridized carbons (Fsp3) is 0.267. The van der Waals surface area contributed by atoms with Gasteiger partial charge in [0, 0.05) is 42.5 Å². The third-order valence-corrected chi connectivity index (χ3v) is 7.18. The van der Waals surface area contributed by atoms with Gasteiger partial charge >= 0.3 is 0 Å². The van der Waals surface area contributed by atoms with Crippen molar-refractivity contribution < 1.29 is 29.0 Å². The van der Waals surface area contributed by atoms with Gasteiger partial charge in [-0.05, 0) is 60.2 Å². The predicted octanol–water partition coefficient (Wildman–Crippen LogP) is 3.53. The van der Waals surface area contributed by atoms with Crippen molar-refractivity contribution in [3.63, 3.8) is 0 Å². The summed E-state index contributed by atoms with van der Waals surface area (Å²) >= 11 is 0. The molecule has 1 N–H and O–H groups in total. The number of carbonyl (C=O) groups excluding carboxylic acids is 3. The maximum Gasteiger partial charge on any atom is 0.228 e. The summed E-state index contributed by atoms with van der Waals surface area (Å²) in [5.41, 5.74) is 3.98. The Hall–Kier alpha value is -4.66. The molecule has 1 aromatic heterocycles. The molecular formula is C30H28N3O6-. The maximum absolute atomic E-state index is 14.0. The van der Waals surface area contributed by atoms with Crippen LogP contribution in [0, 0.1) is 0 Å².